The van der Waals surface area contributed by atoms with Crippen molar-refractivity contribution in [3.8, 4) is 10.6 Å². The number of anilines is 4. The zero-order valence-electron chi connectivity index (χ0n) is 28.4. The van der Waals surface area contributed by atoms with E-state index >= 15 is 0 Å². The van der Waals surface area contributed by atoms with Gasteiger partial charge in [-0.3, -0.25) is 4.79 Å². The molecule has 0 unspecified atom stereocenters. The first kappa shape index (κ1) is 36.9. The molecule has 250 valence electrons. The Bertz CT molecular complexity index is 1560. The number of hydrogen-bond acceptors (Lipinski definition) is 9. The van der Waals surface area contributed by atoms with Crippen molar-refractivity contribution >= 4 is 51.0 Å². The van der Waals surface area contributed by atoms with Crippen LogP contribution in [0.3, 0.4) is 0 Å². The number of nitrogens with one attached hydrogen (secondary N) is 4. The summed E-state index contributed by atoms with van der Waals surface area (Å²) in [5.74, 6) is 0.788. The van der Waals surface area contributed by atoms with Gasteiger partial charge in [0.1, 0.15) is 21.7 Å². The first-order valence-electron chi connectivity index (χ1n) is 16.5. The third kappa shape index (κ3) is 12.6. The lowest BCUT2D eigenvalue weighted by Gasteiger charge is -2.17. The van der Waals surface area contributed by atoms with Crippen molar-refractivity contribution in [3.05, 3.63) is 90.8 Å². The van der Waals surface area contributed by atoms with Crippen LogP contribution in [0.4, 0.5) is 22.9 Å². The van der Waals surface area contributed by atoms with Crippen LogP contribution < -0.4 is 21.3 Å². The molecule has 5 rings (SSSR count). The van der Waals surface area contributed by atoms with E-state index in [1.165, 1.54) is 12.0 Å². The molecule has 0 saturated heterocycles. The molecular weight excluding hydrogens is 605 g/mol. The summed E-state index contributed by atoms with van der Waals surface area (Å²) in [4.78, 5) is 27.0. The van der Waals surface area contributed by atoms with E-state index in [0.717, 1.165) is 89.4 Å². The van der Waals surface area contributed by atoms with Crippen molar-refractivity contribution in [2.24, 2.45) is 0 Å². The molecule has 5 aromatic rings. The highest BCUT2D eigenvalue weighted by Gasteiger charge is 2.12. The summed E-state index contributed by atoms with van der Waals surface area (Å²) in [7, 11) is 1.93. The van der Waals surface area contributed by atoms with E-state index in [0.29, 0.717) is 6.41 Å². The molecule has 0 radical (unpaired) electrons. The molecule has 2 heterocycles. The lowest BCUT2D eigenvalue weighted by Crippen LogP contribution is -2.25. The number of benzene rings is 3. The number of carbonyl (C=O) groups excluding carboxylic acids is 1. The van der Waals surface area contributed by atoms with Crippen molar-refractivity contribution < 1.29 is 4.79 Å². The maximum atomic E-state index is 9.86. The normalized spacial score (nSPS) is 10.3. The second-order valence-corrected chi connectivity index (χ2v) is 11.7. The first-order chi connectivity index (χ1) is 23.0. The monoisotopic (exact) mass is 654 g/mol. The van der Waals surface area contributed by atoms with E-state index in [9.17, 15) is 4.79 Å². The molecule has 2 aromatic heterocycles. The molecule has 0 spiro atoms. The number of hydrogen-bond donors (Lipinski definition) is 4. The molecule has 9 nitrogen and oxygen atoms in total. The topological polar surface area (TPSA) is 107 Å². The van der Waals surface area contributed by atoms with Crippen LogP contribution >= 0.6 is 11.3 Å². The molecular formula is C37H50N8OS. The maximum Gasteiger partial charge on any atom is 0.211 e. The molecule has 10 heteroatoms. The number of rotatable bonds is 15. The minimum atomic E-state index is 0.662. The van der Waals surface area contributed by atoms with Gasteiger partial charge in [-0.2, -0.15) is 0 Å². The van der Waals surface area contributed by atoms with E-state index in [1.54, 1.807) is 17.7 Å². The molecule has 0 atom stereocenters. The predicted octanol–water partition coefficient (Wildman–Crippen LogP) is 8.26. The fraction of sp³-hybridized carbons (Fsp3) is 0.351. The summed E-state index contributed by atoms with van der Waals surface area (Å²) in [6.45, 7) is 13.8. The average molecular weight is 655 g/mol. The molecule has 0 saturated carbocycles. The van der Waals surface area contributed by atoms with Gasteiger partial charge in [0.25, 0.3) is 0 Å². The van der Waals surface area contributed by atoms with Gasteiger partial charge in [0, 0.05) is 42.8 Å². The summed E-state index contributed by atoms with van der Waals surface area (Å²) < 4.78 is 0. The van der Waals surface area contributed by atoms with Crippen LogP contribution in [0.15, 0.2) is 85.2 Å². The summed E-state index contributed by atoms with van der Waals surface area (Å²) in [6.07, 6.45) is 5.57. The third-order valence-corrected chi connectivity index (χ3v) is 8.16. The second-order valence-electron chi connectivity index (χ2n) is 10.7. The van der Waals surface area contributed by atoms with Crippen LogP contribution in [-0.4, -0.2) is 66.0 Å². The van der Waals surface area contributed by atoms with Gasteiger partial charge in [-0.15, -0.1) is 0 Å². The highest BCUT2D eigenvalue weighted by Crippen LogP contribution is 2.32. The Labute approximate surface area is 284 Å². The van der Waals surface area contributed by atoms with E-state index in [1.807, 2.05) is 37.4 Å². The molecule has 0 bridgehead atoms. The van der Waals surface area contributed by atoms with Gasteiger partial charge in [0.15, 0.2) is 5.82 Å². The molecule has 0 aliphatic rings. The van der Waals surface area contributed by atoms with Crippen molar-refractivity contribution in [1.29, 1.82) is 0 Å². The van der Waals surface area contributed by atoms with Crippen molar-refractivity contribution in [1.82, 2.24) is 19.9 Å². The van der Waals surface area contributed by atoms with E-state index < -0.39 is 0 Å². The van der Waals surface area contributed by atoms with Crippen LogP contribution in [0.2, 0.25) is 0 Å². The van der Waals surface area contributed by atoms with Gasteiger partial charge in [-0.25, -0.2) is 15.0 Å². The van der Waals surface area contributed by atoms with Gasteiger partial charge < -0.3 is 26.2 Å². The van der Waals surface area contributed by atoms with Crippen LogP contribution in [-0.2, 0) is 11.2 Å². The Hall–Kier alpha value is -4.54. The number of fused-ring (bicyclic) bond motifs is 1. The van der Waals surface area contributed by atoms with Crippen molar-refractivity contribution in [2.75, 3.05) is 61.0 Å². The van der Waals surface area contributed by atoms with E-state index in [-0.39, 0.29) is 0 Å². The first-order valence-corrected chi connectivity index (χ1v) is 17.3. The largest absolute Gasteiger partial charge is 0.388 e. The van der Waals surface area contributed by atoms with Crippen molar-refractivity contribution in [3.63, 3.8) is 0 Å². The molecule has 3 aromatic carbocycles. The molecule has 47 heavy (non-hydrogen) atoms. The smallest absolute Gasteiger partial charge is 0.211 e. The zero-order chi connectivity index (χ0) is 33.7. The summed E-state index contributed by atoms with van der Waals surface area (Å²) in [5.41, 5.74) is 6.29. The standard InChI is InChI=1S/C27H35N7S.C7H7NO.C3H8/c1-4-34(5-2)18-6-16-29-23-13-9-21(10-14-23)26-33-24-25(31-19-32-27(24)35-26)30-17-15-20-7-11-22(28-3)12-8-20;9-6-8-7-4-2-1-3-5-7;1-3-2/h7-14,19,28-29H,4-6,15-18H2,1-3H3,(H,30,31,32);1-6H,(H,8,9);3H2,1-2H3. The number of para-hydroxylation sites is 1. The molecule has 0 aliphatic carbocycles. The number of aromatic nitrogens is 3. The molecule has 1 amide bonds. The Morgan fingerprint density at radius 2 is 1.47 bits per heavy atom. The zero-order valence-corrected chi connectivity index (χ0v) is 29.2. The van der Waals surface area contributed by atoms with Crippen LogP contribution in [0, 0.1) is 0 Å². The Kier molecular flexibility index (Phi) is 16.7. The van der Waals surface area contributed by atoms with Crippen LogP contribution in [0.25, 0.3) is 20.9 Å². The summed E-state index contributed by atoms with van der Waals surface area (Å²) >= 11 is 1.60. The van der Waals surface area contributed by atoms with Gasteiger partial charge in [-0.05, 0) is 86.6 Å². The summed E-state index contributed by atoms with van der Waals surface area (Å²) in [5, 5.41) is 13.6. The minimum Gasteiger partial charge on any atom is -0.388 e. The number of thiazole rings is 1. The average Bonchev–Trinajstić information content (AvgIpc) is 3.56. The Morgan fingerprint density at radius 3 is 2.11 bits per heavy atom. The van der Waals surface area contributed by atoms with Gasteiger partial charge in [0.2, 0.25) is 6.41 Å². The quantitative estimate of drug-likeness (QED) is 0.0660. The van der Waals surface area contributed by atoms with Crippen LogP contribution in [0.5, 0.6) is 0 Å². The SMILES string of the molecule is CCC.CCN(CC)CCCNc1ccc(-c2nc3c(NCCc4ccc(NC)cc4)ncnc3s2)cc1.O=CNc1ccccc1. The lowest BCUT2D eigenvalue weighted by molar-refractivity contribution is -0.105. The molecule has 4 N–H and O–H groups in total. The highest BCUT2D eigenvalue weighted by molar-refractivity contribution is 7.21. The Morgan fingerprint density at radius 1 is 0.787 bits per heavy atom. The number of carbonyl (C=O) groups is 1. The highest BCUT2D eigenvalue weighted by atomic mass is 32.1. The fourth-order valence-corrected chi connectivity index (χ4v) is 5.49. The third-order valence-electron chi connectivity index (χ3n) is 7.15. The fourth-order valence-electron chi connectivity index (χ4n) is 4.58. The number of nitrogens with zero attached hydrogens (tertiary/aromatic N) is 4. The molecule has 0 aliphatic heterocycles. The van der Waals surface area contributed by atoms with Gasteiger partial charge in [0.05, 0.1) is 0 Å². The van der Waals surface area contributed by atoms with E-state index in [4.69, 9.17) is 4.98 Å². The van der Waals surface area contributed by atoms with E-state index in [2.05, 4.69) is 112 Å². The predicted molar refractivity (Wildman–Crippen MR) is 202 cm³/mol. The van der Waals surface area contributed by atoms with Crippen LogP contribution in [0.1, 0.15) is 46.1 Å². The minimum absolute atomic E-state index is 0.662. The lowest BCUT2D eigenvalue weighted by atomic mass is 10.1. The second kappa shape index (κ2) is 21.3. The van der Waals surface area contributed by atoms with Gasteiger partial charge >= 0.3 is 0 Å². The molecule has 0 fully saturated rings. The van der Waals surface area contributed by atoms with Gasteiger partial charge in [-0.1, -0.05) is 75.8 Å². The number of amides is 1. The van der Waals surface area contributed by atoms with Crippen molar-refractivity contribution in [2.45, 2.75) is 47.0 Å². The Balaban J connectivity index is 0.000000422. The summed E-state index contributed by atoms with van der Waals surface area (Å²) in [6, 6.07) is 26.3. The maximum absolute atomic E-state index is 9.86.